The quantitative estimate of drug-likeness (QED) is 0.189. The van der Waals surface area contributed by atoms with Gasteiger partial charge in [0.25, 0.3) is 5.91 Å². The summed E-state index contributed by atoms with van der Waals surface area (Å²) in [5.74, 6) is -1.22. The van der Waals surface area contributed by atoms with Crippen LogP contribution in [0.25, 0.3) is 10.2 Å². The second-order valence-electron chi connectivity index (χ2n) is 9.58. The van der Waals surface area contributed by atoms with Gasteiger partial charge in [-0.15, -0.1) is 11.8 Å². The fourth-order valence-corrected chi connectivity index (χ4v) is 6.40. The Morgan fingerprint density at radius 1 is 0.905 bits per heavy atom. The fourth-order valence-electron chi connectivity index (χ4n) is 4.82. The van der Waals surface area contributed by atoms with E-state index in [4.69, 9.17) is 0 Å². The van der Waals surface area contributed by atoms with E-state index in [0.717, 1.165) is 26.2 Å². The van der Waals surface area contributed by atoms with E-state index in [1.807, 2.05) is 71.6 Å². The van der Waals surface area contributed by atoms with Gasteiger partial charge in [-0.3, -0.25) is 14.9 Å². The number of hydrogen-bond donors (Lipinski definition) is 3. The molecule has 0 unspecified atom stereocenters. The predicted octanol–water partition coefficient (Wildman–Crippen LogP) is 5.94. The SMILES string of the molecule is O=C(CSc1ccccc1)Nc1ccc(N2CCc3cccc(C(=O)Nc4nc5ccccc5s4)c3C2)nc1C(=O)O. The Morgan fingerprint density at radius 3 is 2.52 bits per heavy atom. The van der Waals surface area contributed by atoms with E-state index in [1.54, 1.807) is 18.2 Å². The lowest BCUT2D eigenvalue weighted by Gasteiger charge is -2.31. The molecule has 1 aliphatic rings. The van der Waals surface area contributed by atoms with Crippen LogP contribution in [0.1, 0.15) is 32.0 Å². The number of carboxylic acid groups (broad SMARTS) is 1. The number of benzene rings is 3. The number of aromatic nitrogens is 2. The van der Waals surface area contributed by atoms with Crippen molar-refractivity contribution in [2.45, 2.75) is 17.9 Å². The number of thioether (sulfide) groups is 1. The third-order valence-corrected chi connectivity index (χ3v) is 8.79. The highest BCUT2D eigenvalue weighted by Crippen LogP contribution is 2.30. The first-order chi connectivity index (χ1) is 20.4. The topological polar surface area (TPSA) is 125 Å². The molecule has 9 nitrogen and oxygen atoms in total. The number of nitrogens with one attached hydrogen (secondary N) is 2. The number of fused-ring (bicyclic) bond motifs is 2. The molecule has 0 atom stereocenters. The van der Waals surface area contributed by atoms with Crippen molar-refractivity contribution in [3.8, 4) is 0 Å². The summed E-state index contributed by atoms with van der Waals surface area (Å²) in [6.07, 6.45) is 0.664. The molecule has 0 radical (unpaired) electrons. The minimum Gasteiger partial charge on any atom is -0.476 e. The summed E-state index contributed by atoms with van der Waals surface area (Å²) >= 11 is 2.78. The number of amides is 2. The number of hydrogen-bond acceptors (Lipinski definition) is 8. The standard InChI is InChI=1S/C31H25N5O4S2/c37-27(18-41-20-8-2-1-3-9-20)32-24-13-14-26(34-28(24)30(39)40)36-16-15-19-7-6-10-21(22(19)17-36)29(38)35-31-33-23-11-4-5-12-25(23)42-31/h1-14H,15-18H2,(H,32,37)(H,39,40)(H,33,35,38). The van der Waals surface area contributed by atoms with Crippen molar-refractivity contribution >= 4 is 67.7 Å². The van der Waals surface area contributed by atoms with Crippen molar-refractivity contribution in [2.75, 3.05) is 27.8 Å². The number of para-hydroxylation sites is 1. The maximum atomic E-state index is 13.3. The number of anilines is 3. The van der Waals surface area contributed by atoms with Gasteiger partial charge in [-0.2, -0.15) is 0 Å². The molecule has 3 heterocycles. The van der Waals surface area contributed by atoms with Crippen LogP contribution in [-0.4, -0.2) is 45.2 Å². The summed E-state index contributed by atoms with van der Waals surface area (Å²) in [4.78, 5) is 49.8. The molecule has 42 heavy (non-hydrogen) atoms. The van der Waals surface area contributed by atoms with Gasteiger partial charge in [-0.25, -0.2) is 14.8 Å². The van der Waals surface area contributed by atoms with Gasteiger partial charge in [-0.05, 0) is 60.0 Å². The largest absolute Gasteiger partial charge is 0.476 e. The van der Waals surface area contributed by atoms with Crippen LogP contribution in [0, 0.1) is 0 Å². The van der Waals surface area contributed by atoms with Crippen LogP contribution in [0.4, 0.5) is 16.6 Å². The van der Waals surface area contributed by atoms with E-state index in [2.05, 4.69) is 20.6 Å². The van der Waals surface area contributed by atoms with Crippen molar-refractivity contribution < 1.29 is 19.5 Å². The normalized spacial score (nSPS) is 12.5. The summed E-state index contributed by atoms with van der Waals surface area (Å²) in [5.41, 5.74) is 3.18. The predicted molar refractivity (Wildman–Crippen MR) is 166 cm³/mol. The van der Waals surface area contributed by atoms with E-state index in [-0.39, 0.29) is 28.9 Å². The number of carbonyl (C=O) groups is 3. The second-order valence-corrected chi connectivity index (χ2v) is 11.7. The molecule has 0 bridgehead atoms. The molecule has 3 N–H and O–H groups in total. The number of rotatable bonds is 8. The van der Waals surface area contributed by atoms with Crippen molar-refractivity contribution in [1.82, 2.24) is 9.97 Å². The van der Waals surface area contributed by atoms with E-state index in [9.17, 15) is 19.5 Å². The Morgan fingerprint density at radius 2 is 1.71 bits per heavy atom. The molecule has 0 saturated carbocycles. The molecule has 2 aromatic heterocycles. The second kappa shape index (κ2) is 12.0. The molecule has 5 aromatic rings. The number of thiazole rings is 1. The lowest BCUT2D eigenvalue weighted by molar-refractivity contribution is -0.113. The van der Waals surface area contributed by atoms with Crippen LogP contribution >= 0.6 is 23.1 Å². The maximum absolute atomic E-state index is 13.3. The Balaban J connectivity index is 1.18. The molecule has 6 rings (SSSR count). The molecule has 1 aliphatic heterocycles. The Hall–Kier alpha value is -4.74. The maximum Gasteiger partial charge on any atom is 0.356 e. The highest BCUT2D eigenvalue weighted by atomic mass is 32.2. The molecule has 0 aliphatic carbocycles. The van der Waals surface area contributed by atoms with Gasteiger partial charge >= 0.3 is 5.97 Å². The number of nitrogens with zero attached hydrogens (tertiary/aromatic N) is 3. The smallest absolute Gasteiger partial charge is 0.356 e. The van der Waals surface area contributed by atoms with Crippen LogP contribution < -0.4 is 15.5 Å². The van der Waals surface area contributed by atoms with Crippen LogP contribution in [0.5, 0.6) is 0 Å². The van der Waals surface area contributed by atoms with Crippen molar-refractivity contribution in [2.24, 2.45) is 0 Å². The minimum absolute atomic E-state index is 0.135. The van der Waals surface area contributed by atoms with Gasteiger partial charge < -0.3 is 15.3 Å². The monoisotopic (exact) mass is 595 g/mol. The molecule has 0 saturated heterocycles. The average Bonchev–Trinajstić information content (AvgIpc) is 3.42. The van der Waals surface area contributed by atoms with Gasteiger partial charge in [0.15, 0.2) is 10.8 Å². The van der Waals surface area contributed by atoms with Gasteiger partial charge in [0.1, 0.15) is 5.82 Å². The van der Waals surface area contributed by atoms with E-state index >= 15 is 0 Å². The Labute approximate surface area is 249 Å². The first-order valence-electron chi connectivity index (χ1n) is 13.2. The van der Waals surface area contributed by atoms with E-state index in [1.165, 1.54) is 23.1 Å². The molecule has 0 spiro atoms. The average molecular weight is 596 g/mol. The van der Waals surface area contributed by atoms with Crippen LogP contribution in [0.15, 0.2) is 89.8 Å². The highest BCUT2D eigenvalue weighted by Gasteiger charge is 2.25. The molecule has 11 heteroatoms. The van der Waals surface area contributed by atoms with Crippen molar-refractivity contribution in [3.05, 3.63) is 107 Å². The van der Waals surface area contributed by atoms with Crippen molar-refractivity contribution in [1.29, 1.82) is 0 Å². The van der Waals surface area contributed by atoms with Gasteiger partial charge in [0.2, 0.25) is 5.91 Å². The summed E-state index contributed by atoms with van der Waals surface area (Å²) in [6.45, 7) is 0.978. The molecule has 3 aromatic carbocycles. The van der Waals surface area contributed by atoms with Gasteiger partial charge in [-0.1, -0.05) is 53.8 Å². The zero-order valence-electron chi connectivity index (χ0n) is 22.2. The molecule has 2 amide bonds. The highest BCUT2D eigenvalue weighted by molar-refractivity contribution is 8.00. The number of carbonyl (C=O) groups excluding carboxylic acids is 2. The van der Waals surface area contributed by atoms with Crippen LogP contribution in [0.2, 0.25) is 0 Å². The first-order valence-corrected chi connectivity index (χ1v) is 15.0. The van der Waals surface area contributed by atoms with Crippen LogP contribution in [0.3, 0.4) is 0 Å². The number of pyridine rings is 1. The summed E-state index contributed by atoms with van der Waals surface area (Å²) < 4.78 is 0.990. The Bertz CT molecular complexity index is 1780. The molecular weight excluding hydrogens is 571 g/mol. The summed E-state index contributed by atoms with van der Waals surface area (Å²) in [5, 5.41) is 16.0. The van der Waals surface area contributed by atoms with E-state index < -0.39 is 5.97 Å². The lowest BCUT2D eigenvalue weighted by Crippen LogP contribution is -2.33. The summed E-state index contributed by atoms with van der Waals surface area (Å²) in [6, 6.07) is 26.1. The zero-order valence-corrected chi connectivity index (χ0v) is 23.9. The molecule has 210 valence electrons. The lowest BCUT2D eigenvalue weighted by atomic mass is 9.94. The van der Waals surface area contributed by atoms with Gasteiger partial charge in [0, 0.05) is 23.5 Å². The van der Waals surface area contributed by atoms with Crippen molar-refractivity contribution in [3.63, 3.8) is 0 Å². The fraction of sp³-hybridized carbons (Fsp3) is 0.129. The third-order valence-electron chi connectivity index (χ3n) is 6.83. The van der Waals surface area contributed by atoms with Gasteiger partial charge in [0.05, 0.1) is 21.7 Å². The number of aromatic carboxylic acids is 1. The first kappa shape index (κ1) is 27.4. The Kier molecular flexibility index (Phi) is 7.85. The summed E-state index contributed by atoms with van der Waals surface area (Å²) in [7, 11) is 0. The van der Waals surface area contributed by atoms with Crippen LogP contribution in [-0.2, 0) is 17.8 Å². The molecular formula is C31H25N5O4S2. The van der Waals surface area contributed by atoms with E-state index in [0.29, 0.717) is 36.0 Å². The molecule has 0 fully saturated rings. The zero-order chi connectivity index (χ0) is 29.1. The third kappa shape index (κ3) is 5.97. The number of carboxylic acids is 1. The minimum atomic E-state index is -1.24.